The van der Waals surface area contributed by atoms with Gasteiger partial charge >= 0.3 is 0 Å². The van der Waals surface area contributed by atoms with E-state index in [0.29, 0.717) is 0 Å². The smallest absolute Gasteiger partial charge is 0.269 e. The summed E-state index contributed by atoms with van der Waals surface area (Å²) in [5, 5.41) is 20.1. The maximum absolute atomic E-state index is 10.6. The molecule has 0 aliphatic rings. The minimum absolute atomic E-state index is 0.106. The molecule has 0 bridgehead atoms. The van der Waals surface area contributed by atoms with Crippen molar-refractivity contribution in [2.75, 3.05) is 0 Å². The minimum atomic E-state index is -0.477. The maximum atomic E-state index is 10.6. The quantitative estimate of drug-likeness (QED) is 0.514. The van der Waals surface area contributed by atoms with Crippen molar-refractivity contribution >= 4 is 17.4 Å². The number of thioether (sulfide) groups is 1. The molecule has 0 spiro atoms. The summed E-state index contributed by atoms with van der Waals surface area (Å²) in [5.74, 6) is 0.737. The van der Waals surface area contributed by atoms with Crippen LogP contribution in [0, 0.1) is 10.1 Å². The van der Waals surface area contributed by atoms with Gasteiger partial charge in [-0.2, -0.15) is 0 Å². The second-order valence-corrected chi connectivity index (χ2v) is 5.51. The van der Waals surface area contributed by atoms with Gasteiger partial charge in [-0.1, -0.05) is 24.3 Å². The van der Waals surface area contributed by atoms with E-state index in [1.807, 2.05) is 24.3 Å². The van der Waals surface area contributed by atoms with Gasteiger partial charge in [-0.3, -0.25) is 10.1 Å². The van der Waals surface area contributed by atoms with Crippen molar-refractivity contribution in [1.82, 2.24) is 0 Å². The zero-order chi connectivity index (χ0) is 14.5. The fourth-order valence-electron chi connectivity index (χ4n) is 1.74. The van der Waals surface area contributed by atoms with Gasteiger partial charge in [0.25, 0.3) is 5.69 Å². The summed E-state index contributed by atoms with van der Waals surface area (Å²) in [4.78, 5) is 11.2. The first-order valence-electron chi connectivity index (χ1n) is 6.20. The predicted molar refractivity (Wildman–Crippen MR) is 79.7 cm³/mol. The Morgan fingerprint density at radius 1 is 1.25 bits per heavy atom. The van der Waals surface area contributed by atoms with Gasteiger partial charge in [0.15, 0.2) is 0 Å². The van der Waals surface area contributed by atoms with Crippen LogP contribution in [-0.4, -0.2) is 10.0 Å². The van der Waals surface area contributed by atoms with E-state index < -0.39 is 11.0 Å². The summed E-state index contributed by atoms with van der Waals surface area (Å²) >= 11 is 1.64. The van der Waals surface area contributed by atoms with Crippen molar-refractivity contribution in [2.45, 2.75) is 23.7 Å². The van der Waals surface area contributed by atoms with Gasteiger partial charge < -0.3 is 5.11 Å². The molecule has 0 amide bonds. The van der Waals surface area contributed by atoms with Crippen LogP contribution in [0.2, 0.25) is 0 Å². The van der Waals surface area contributed by atoms with Crippen LogP contribution in [0.5, 0.6) is 0 Å². The Kier molecular flexibility index (Phi) is 4.76. The summed E-state index contributed by atoms with van der Waals surface area (Å²) in [6.45, 7) is 1.74. The number of aliphatic hydroxyl groups is 1. The summed E-state index contributed by atoms with van der Waals surface area (Å²) in [5.41, 5.74) is 2.02. The number of non-ortho nitro benzene ring substituents is 1. The van der Waals surface area contributed by atoms with Gasteiger partial charge in [0, 0.05) is 22.8 Å². The molecule has 0 fully saturated rings. The highest BCUT2D eigenvalue weighted by molar-refractivity contribution is 7.98. The van der Waals surface area contributed by atoms with Gasteiger partial charge in [0.1, 0.15) is 0 Å². The number of nitro benzene ring substituents is 1. The fourth-order valence-corrected chi connectivity index (χ4v) is 2.66. The van der Waals surface area contributed by atoms with Gasteiger partial charge in [-0.15, -0.1) is 11.8 Å². The third-order valence-corrected chi connectivity index (χ3v) is 3.96. The number of hydrogen-bond donors (Lipinski definition) is 1. The number of nitro groups is 1. The molecule has 2 aromatic carbocycles. The lowest BCUT2D eigenvalue weighted by Crippen LogP contribution is -1.91. The van der Waals surface area contributed by atoms with Crippen LogP contribution in [0.4, 0.5) is 5.69 Å². The Morgan fingerprint density at radius 3 is 2.55 bits per heavy atom. The number of benzene rings is 2. The molecular formula is C15H15NO3S. The van der Waals surface area contributed by atoms with Crippen molar-refractivity contribution < 1.29 is 10.0 Å². The first-order chi connectivity index (χ1) is 9.56. The van der Waals surface area contributed by atoms with E-state index in [1.54, 1.807) is 30.8 Å². The zero-order valence-corrected chi connectivity index (χ0v) is 11.8. The Balaban J connectivity index is 2.01. The summed E-state index contributed by atoms with van der Waals surface area (Å²) in [7, 11) is 0. The van der Waals surface area contributed by atoms with Gasteiger partial charge in [0.05, 0.1) is 11.0 Å². The van der Waals surface area contributed by atoms with E-state index >= 15 is 0 Å². The SMILES string of the molecule is CC(O)c1cccc(SCc2ccc([N+](=O)[O-])cc2)c1. The molecule has 20 heavy (non-hydrogen) atoms. The number of hydrogen-bond acceptors (Lipinski definition) is 4. The number of aliphatic hydroxyl groups excluding tert-OH is 1. The average molecular weight is 289 g/mol. The predicted octanol–water partition coefficient (Wildman–Crippen LogP) is 3.94. The van der Waals surface area contributed by atoms with Crippen molar-refractivity contribution in [3.8, 4) is 0 Å². The Morgan fingerprint density at radius 2 is 1.95 bits per heavy atom. The van der Waals surface area contributed by atoms with Crippen molar-refractivity contribution in [3.63, 3.8) is 0 Å². The molecule has 5 heteroatoms. The summed E-state index contributed by atoms with van der Waals surface area (Å²) < 4.78 is 0. The van der Waals surface area contributed by atoms with E-state index in [4.69, 9.17) is 0 Å². The van der Waals surface area contributed by atoms with Crippen LogP contribution >= 0.6 is 11.8 Å². The van der Waals surface area contributed by atoms with E-state index in [0.717, 1.165) is 21.8 Å². The molecule has 2 aromatic rings. The first kappa shape index (κ1) is 14.6. The lowest BCUT2D eigenvalue weighted by atomic mass is 10.1. The van der Waals surface area contributed by atoms with Gasteiger partial charge in [-0.05, 0) is 30.2 Å². The molecule has 0 aliphatic heterocycles. The van der Waals surface area contributed by atoms with E-state index in [9.17, 15) is 15.2 Å². The Hall–Kier alpha value is -1.85. The van der Waals surface area contributed by atoms with Crippen LogP contribution in [0.25, 0.3) is 0 Å². The molecule has 0 aromatic heterocycles. The molecule has 1 atom stereocenters. The molecule has 0 radical (unpaired) electrons. The molecular weight excluding hydrogens is 274 g/mol. The number of nitrogens with zero attached hydrogens (tertiary/aromatic N) is 1. The van der Waals surface area contributed by atoms with Crippen molar-refractivity contribution in [3.05, 3.63) is 69.8 Å². The molecule has 0 aliphatic carbocycles. The zero-order valence-electron chi connectivity index (χ0n) is 11.0. The molecule has 0 saturated heterocycles. The van der Waals surface area contributed by atoms with Crippen molar-refractivity contribution in [1.29, 1.82) is 0 Å². The lowest BCUT2D eigenvalue weighted by Gasteiger charge is -2.07. The number of rotatable bonds is 5. The van der Waals surface area contributed by atoms with Crippen LogP contribution < -0.4 is 0 Å². The van der Waals surface area contributed by atoms with E-state index in [1.165, 1.54) is 12.1 Å². The summed E-state index contributed by atoms with van der Waals surface area (Å²) in [6.07, 6.45) is -0.477. The molecule has 1 unspecified atom stereocenters. The topological polar surface area (TPSA) is 63.4 Å². The van der Waals surface area contributed by atoms with Crippen molar-refractivity contribution in [2.24, 2.45) is 0 Å². The Bertz CT molecular complexity index is 596. The molecule has 0 heterocycles. The fraction of sp³-hybridized carbons (Fsp3) is 0.200. The highest BCUT2D eigenvalue weighted by Gasteiger charge is 2.05. The van der Waals surface area contributed by atoms with Gasteiger partial charge in [0.2, 0.25) is 0 Å². The van der Waals surface area contributed by atoms with Crippen LogP contribution in [-0.2, 0) is 5.75 Å². The molecule has 1 N–H and O–H groups in total. The highest BCUT2D eigenvalue weighted by atomic mass is 32.2. The van der Waals surface area contributed by atoms with Crippen LogP contribution in [0.1, 0.15) is 24.2 Å². The highest BCUT2D eigenvalue weighted by Crippen LogP contribution is 2.26. The van der Waals surface area contributed by atoms with E-state index in [2.05, 4.69) is 0 Å². The largest absolute Gasteiger partial charge is 0.389 e. The van der Waals surface area contributed by atoms with E-state index in [-0.39, 0.29) is 5.69 Å². The minimum Gasteiger partial charge on any atom is -0.389 e. The molecule has 4 nitrogen and oxygen atoms in total. The third kappa shape index (κ3) is 3.82. The molecule has 104 valence electrons. The molecule has 2 rings (SSSR count). The average Bonchev–Trinajstić information content (AvgIpc) is 2.46. The van der Waals surface area contributed by atoms with Crippen LogP contribution in [0.3, 0.4) is 0 Å². The third-order valence-electron chi connectivity index (χ3n) is 2.89. The van der Waals surface area contributed by atoms with Gasteiger partial charge in [-0.25, -0.2) is 0 Å². The standard InChI is InChI=1S/C15H15NO3S/c1-11(17)13-3-2-4-15(9-13)20-10-12-5-7-14(8-6-12)16(18)19/h2-9,11,17H,10H2,1H3. The second-order valence-electron chi connectivity index (χ2n) is 4.46. The molecule has 0 saturated carbocycles. The summed E-state index contributed by atoms with van der Waals surface area (Å²) in [6, 6.07) is 14.3. The second kappa shape index (κ2) is 6.54. The lowest BCUT2D eigenvalue weighted by molar-refractivity contribution is -0.384. The Labute approximate surface area is 121 Å². The maximum Gasteiger partial charge on any atom is 0.269 e. The normalized spacial score (nSPS) is 12.1. The monoisotopic (exact) mass is 289 g/mol. The first-order valence-corrected chi connectivity index (χ1v) is 7.19. The van der Waals surface area contributed by atoms with Crippen LogP contribution in [0.15, 0.2) is 53.4 Å².